The van der Waals surface area contributed by atoms with E-state index in [1.807, 2.05) is 0 Å². The lowest BCUT2D eigenvalue weighted by Crippen LogP contribution is -2.56. The van der Waals surface area contributed by atoms with Gasteiger partial charge in [-0.05, 0) is 25.7 Å². The monoisotopic (exact) mass is 465 g/mol. The molecule has 0 radical (unpaired) electrons. The lowest BCUT2D eigenvalue weighted by Gasteiger charge is -2.29. The number of hydrogen-bond donors (Lipinski definition) is 7. The zero-order valence-corrected chi connectivity index (χ0v) is 18.2. The molecule has 3 amide bonds. The molecule has 3 unspecified atom stereocenters. The highest BCUT2D eigenvalue weighted by Crippen LogP contribution is 2.19. The molecule has 0 aliphatic carbocycles. The van der Waals surface area contributed by atoms with E-state index in [0.29, 0.717) is 44.5 Å². The highest BCUT2D eigenvalue weighted by molar-refractivity contribution is 5.94. The van der Waals surface area contributed by atoms with Crippen LogP contribution in [0.4, 0.5) is 0 Å². The van der Waals surface area contributed by atoms with Crippen molar-refractivity contribution in [2.75, 3.05) is 19.6 Å². The first kappa shape index (κ1) is 25.6. The van der Waals surface area contributed by atoms with Gasteiger partial charge in [0.25, 0.3) is 0 Å². The average molecular weight is 466 g/mol. The van der Waals surface area contributed by atoms with Gasteiger partial charge in [0.2, 0.25) is 17.7 Å². The fraction of sp³-hybridized carbons (Fsp3) is 0.579. The number of amides is 3. The SMILES string of the molecule is NC(N)=NCCCC(N)C(=O)NC(Cc1cnc[nH]1)C(=O)N1CCCC1C(=O)NCC(=O)O. The Hall–Kier alpha value is -3.68. The van der Waals surface area contributed by atoms with Crippen molar-refractivity contribution < 1.29 is 24.3 Å². The molecule has 3 atom stereocenters. The zero-order chi connectivity index (χ0) is 24.4. The molecule has 1 aliphatic heterocycles. The van der Waals surface area contributed by atoms with E-state index in [4.69, 9.17) is 22.3 Å². The average Bonchev–Trinajstić information content (AvgIpc) is 3.45. The number of nitrogens with two attached hydrogens (primary N) is 3. The highest BCUT2D eigenvalue weighted by atomic mass is 16.4. The van der Waals surface area contributed by atoms with Gasteiger partial charge in [0.1, 0.15) is 18.6 Å². The van der Waals surface area contributed by atoms with Crippen molar-refractivity contribution in [2.45, 2.75) is 50.2 Å². The first-order valence-electron chi connectivity index (χ1n) is 10.6. The number of rotatable bonds is 12. The van der Waals surface area contributed by atoms with E-state index in [0.717, 1.165) is 0 Å². The van der Waals surface area contributed by atoms with Crippen molar-refractivity contribution >= 4 is 29.7 Å². The Labute approximate surface area is 190 Å². The Morgan fingerprint density at radius 2 is 2.09 bits per heavy atom. The van der Waals surface area contributed by atoms with Gasteiger partial charge < -0.3 is 42.8 Å². The third-order valence-corrected chi connectivity index (χ3v) is 5.15. The molecule has 0 saturated carbocycles. The minimum absolute atomic E-state index is 0.0502. The van der Waals surface area contributed by atoms with Gasteiger partial charge in [-0.3, -0.25) is 24.2 Å². The van der Waals surface area contributed by atoms with Gasteiger partial charge in [-0.1, -0.05) is 0 Å². The number of nitrogens with zero attached hydrogens (tertiary/aromatic N) is 3. The Kier molecular flexibility index (Phi) is 9.60. The van der Waals surface area contributed by atoms with Gasteiger partial charge in [0, 0.05) is 31.4 Å². The number of carboxylic acid groups (broad SMARTS) is 1. The number of guanidine groups is 1. The van der Waals surface area contributed by atoms with Crippen LogP contribution < -0.4 is 27.8 Å². The largest absolute Gasteiger partial charge is 0.480 e. The van der Waals surface area contributed by atoms with Crippen molar-refractivity contribution in [2.24, 2.45) is 22.2 Å². The van der Waals surface area contributed by atoms with E-state index in [9.17, 15) is 19.2 Å². The second-order valence-corrected chi connectivity index (χ2v) is 7.70. The second-order valence-electron chi connectivity index (χ2n) is 7.70. The Morgan fingerprint density at radius 1 is 1.33 bits per heavy atom. The molecule has 14 nitrogen and oxygen atoms in total. The standard InChI is InChI=1S/C19H31N9O5/c20-12(3-1-5-24-19(21)22)16(31)27-13(7-11-8-23-10-26-11)18(33)28-6-2-4-14(28)17(32)25-9-15(29)30/h8,10,12-14H,1-7,9,20H2,(H,23,26)(H,25,32)(H,27,31)(H,29,30)(H4,21,22,24). The molecule has 0 spiro atoms. The number of aliphatic carboxylic acids is 1. The maximum Gasteiger partial charge on any atom is 0.322 e. The van der Waals surface area contributed by atoms with Crippen molar-refractivity contribution in [1.29, 1.82) is 0 Å². The molecule has 2 rings (SSSR count). The van der Waals surface area contributed by atoms with Crippen LogP contribution in [0.2, 0.25) is 0 Å². The molecular weight excluding hydrogens is 434 g/mol. The molecule has 2 heterocycles. The van der Waals surface area contributed by atoms with Crippen LogP contribution in [0.1, 0.15) is 31.4 Å². The number of nitrogens with one attached hydrogen (secondary N) is 3. The lowest BCUT2D eigenvalue weighted by molar-refractivity contribution is -0.142. The van der Waals surface area contributed by atoms with Crippen LogP contribution in [0.5, 0.6) is 0 Å². The molecule has 1 fully saturated rings. The fourth-order valence-electron chi connectivity index (χ4n) is 3.53. The van der Waals surface area contributed by atoms with Crippen LogP contribution in [0.25, 0.3) is 0 Å². The molecule has 182 valence electrons. The first-order chi connectivity index (χ1) is 15.7. The maximum atomic E-state index is 13.3. The van der Waals surface area contributed by atoms with Gasteiger partial charge in [-0.25, -0.2) is 4.98 Å². The number of carbonyl (C=O) groups is 4. The normalized spacial score (nSPS) is 17.1. The molecule has 1 aromatic heterocycles. The summed E-state index contributed by atoms with van der Waals surface area (Å²) < 4.78 is 0. The molecule has 0 bridgehead atoms. The number of aromatic nitrogens is 2. The summed E-state index contributed by atoms with van der Waals surface area (Å²) in [6, 6.07) is -2.69. The molecule has 1 aliphatic rings. The number of aromatic amines is 1. The van der Waals surface area contributed by atoms with Crippen LogP contribution >= 0.6 is 0 Å². The molecular formula is C19H31N9O5. The van der Waals surface area contributed by atoms with Crippen molar-refractivity contribution in [3.05, 3.63) is 18.2 Å². The summed E-state index contributed by atoms with van der Waals surface area (Å²) in [7, 11) is 0. The summed E-state index contributed by atoms with van der Waals surface area (Å²) in [4.78, 5) is 61.1. The van der Waals surface area contributed by atoms with Crippen LogP contribution in [-0.2, 0) is 25.6 Å². The third-order valence-electron chi connectivity index (χ3n) is 5.15. The van der Waals surface area contributed by atoms with E-state index in [1.54, 1.807) is 0 Å². The zero-order valence-electron chi connectivity index (χ0n) is 18.2. The van der Waals surface area contributed by atoms with Crippen molar-refractivity contribution in [3.63, 3.8) is 0 Å². The van der Waals surface area contributed by atoms with Gasteiger partial charge in [0.05, 0.1) is 12.4 Å². The summed E-state index contributed by atoms with van der Waals surface area (Å²) >= 11 is 0. The van der Waals surface area contributed by atoms with Crippen molar-refractivity contribution in [3.8, 4) is 0 Å². The number of likely N-dealkylation sites (tertiary alicyclic amines) is 1. The lowest BCUT2D eigenvalue weighted by atomic mass is 10.1. The van der Waals surface area contributed by atoms with E-state index < -0.39 is 48.4 Å². The van der Waals surface area contributed by atoms with Crippen LogP contribution in [0.3, 0.4) is 0 Å². The van der Waals surface area contributed by atoms with Gasteiger partial charge in [-0.15, -0.1) is 0 Å². The Morgan fingerprint density at radius 3 is 2.73 bits per heavy atom. The topological polar surface area (TPSA) is 235 Å². The van der Waals surface area contributed by atoms with E-state index >= 15 is 0 Å². The Bertz CT molecular complexity index is 854. The number of hydrogen-bond acceptors (Lipinski definition) is 7. The molecule has 1 aromatic rings. The molecule has 0 aromatic carbocycles. The quantitative estimate of drug-likeness (QED) is 0.0945. The first-order valence-corrected chi connectivity index (χ1v) is 10.6. The minimum Gasteiger partial charge on any atom is -0.480 e. The minimum atomic E-state index is -1.18. The highest BCUT2D eigenvalue weighted by Gasteiger charge is 2.38. The number of aliphatic imine (C=N–C) groups is 1. The van der Waals surface area contributed by atoms with E-state index in [2.05, 4.69) is 25.6 Å². The third kappa shape index (κ3) is 8.07. The predicted molar refractivity (Wildman–Crippen MR) is 117 cm³/mol. The molecule has 14 heteroatoms. The number of carboxylic acids is 1. The van der Waals surface area contributed by atoms with Gasteiger partial charge in [0.15, 0.2) is 5.96 Å². The van der Waals surface area contributed by atoms with Crippen molar-refractivity contribution in [1.82, 2.24) is 25.5 Å². The second kappa shape index (κ2) is 12.4. The summed E-state index contributed by atoms with van der Waals surface area (Å²) in [6.07, 6.45) is 4.85. The maximum absolute atomic E-state index is 13.3. The summed E-state index contributed by atoms with van der Waals surface area (Å²) in [5.74, 6) is -2.77. The smallest absolute Gasteiger partial charge is 0.322 e. The summed E-state index contributed by atoms with van der Waals surface area (Å²) in [5.41, 5.74) is 17.1. The predicted octanol–water partition coefficient (Wildman–Crippen LogP) is -2.99. The van der Waals surface area contributed by atoms with Crippen LogP contribution in [-0.4, -0.2) is 87.4 Å². The number of imidazole rings is 1. The number of H-pyrrole nitrogens is 1. The van der Waals surface area contributed by atoms with Crippen LogP contribution in [0.15, 0.2) is 17.5 Å². The Balaban J connectivity index is 2.06. The van der Waals surface area contributed by atoms with Crippen LogP contribution in [0, 0.1) is 0 Å². The van der Waals surface area contributed by atoms with Gasteiger partial charge >= 0.3 is 5.97 Å². The number of carbonyl (C=O) groups excluding carboxylic acids is 3. The van der Waals surface area contributed by atoms with E-state index in [1.165, 1.54) is 17.4 Å². The fourth-order valence-corrected chi connectivity index (χ4v) is 3.53. The molecule has 1 saturated heterocycles. The molecule has 10 N–H and O–H groups in total. The summed E-state index contributed by atoms with van der Waals surface area (Å²) in [5, 5.41) is 13.8. The molecule has 33 heavy (non-hydrogen) atoms. The van der Waals surface area contributed by atoms with E-state index in [-0.39, 0.29) is 12.4 Å². The van der Waals surface area contributed by atoms with Gasteiger partial charge in [-0.2, -0.15) is 0 Å². The summed E-state index contributed by atoms with van der Waals surface area (Å²) in [6.45, 7) is 0.0883.